The van der Waals surface area contributed by atoms with Crippen molar-refractivity contribution in [1.82, 2.24) is 5.32 Å². The second-order valence-corrected chi connectivity index (χ2v) is 5.18. The molecule has 1 aromatic carbocycles. The fourth-order valence-electron chi connectivity index (χ4n) is 2.42. The Labute approximate surface area is 120 Å². The van der Waals surface area contributed by atoms with Gasteiger partial charge in [0.2, 0.25) is 0 Å². The van der Waals surface area contributed by atoms with Crippen LogP contribution >= 0.6 is 0 Å². The summed E-state index contributed by atoms with van der Waals surface area (Å²) in [6, 6.07) is 5.09. The van der Waals surface area contributed by atoms with Crippen LogP contribution < -0.4 is 10.1 Å². The molecular formula is C16H24FNO2. The number of rotatable bonds is 8. The second kappa shape index (κ2) is 8.22. The molecule has 1 N–H and O–H groups in total. The quantitative estimate of drug-likeness (QED) is 0.742. The number of hydrogen-bond acceptors (Lipinski definition) is 3. The Hall–Kier alpha value is -1.13. The van der Waals surface area contributed by atoms with E-state index in [4.69, 9.17) is 9.47 Å². The third kappa shape index (κ3) is 4.46. The average molecular weight is 281 g/mol. The Morgan fingerprint density at radius 3 is 3.10 bits per heavy atom. The van der Waals surface area contributed by atoms with Crippen LogP contribution in [0.15, 0.2) is 18.2 Å². The van der Waals surface area contributed by atoms with Gasteiger partial charge in [-0.1, -0.05) is 19.1 Å². The van der Waals surface area contributed by atoms with E-state index in [0.29, 0.717) is 18.9 Å². The number of nitrogens with one attached hydrogen (secondary N) is 1. The van der Waals surface area contributed by atoms with Crippen LogP contribution in [-0.4, -0.2) is 25.9 Å². The van der Waals surface area contributed by atoms with Gasteiger partial charge >= 0.3 is 0 Å². The Morgan fingerprint density at radius 1 is 1.45 bits per heavy atom. The average Bonchev–Trinajstić information content (AvgIpc) is 2.95. The molecular weight excluding hydrogens is 257 g/mol. The van der Waals surface area contributed by atoms with Crippen molar-refractivity contribution in [2.24, 2.45) is 0 Å². The zero-order valence-corrected chi connectivity index (χ0v) is 12.2. The van der Waals surface area contributed by atoms with Crippen LogP contribution in [0.25, 0.3) is 0 Å². The number of benzene rings is 1. The Balaban J connectivity index is 1.87. The van der Waals surface area contributed by atoms with E-state index in [0.717, 1.165) is 44.4 Å². The lowest BCUT2D eigenvalue weighted by Crippen LogP contribution is -2.16. The molecule has 20 heavy (non-hydrogen) atoms. The van der Waals surface area contributed by atoms with Crippen molar-refractivity contribution >= 4 is 0 Å². The van der Waals surface area contributed by atoms with Gasteiger partial charge in [0.1, 0.15) is 0 Å². The van der Waals surface area contributed by atoms with E-state index in [9.17, 15) is 4.39 Å². The summed E-state index contributed by atoms with van der Waals surface area (Å²) in [5, 5.41) is 3.28. The van der Waals surface area contributed by atoms with E-state index in [1.807, 2.05) is 6.07 Å². The highest BCUT2D eigenvalue weighted by Crippen LogP contribution is 2.24. The third-order valence-electron chi connectivity index (χ3n) is 3.50. The summed E-state index contributed by atoms with van der Waals surface area (Å²) in [7, 11) is 0. The van der Waals surface area contributed by atoms with Crippen LogP contribution in [0.3, 0.4) is 0 Å². The fourth-order valence-corrected chi connectivity index (χ4v) is 2.42. The van der Waals surface area contributed by atoms with Gasteiger partial charge in [0.15, 0.2) is 11.6 Å². The van der Waals surface area contributed by atoms with Crippen LogP contribution in [0, 0.1) is 5.82 Å². The molecule has 0 aliphatic carbocycles. The van der Waals surface area contributed by atoms with Crippen LogP contribution in [0.2, 0.25) is 0 Å². The zero-order chi connectivity index (χ0) is 14.2. The fraction of sp³-hybridized carbons (Fsp3) is 0.625. The van der Waals surface area contributed by atoms with Gasteiger partial charge in [-0.15, -0.1) is 0 Å². The molecule has 1 fully saturated rings. The molecule has 4 heteroatoms. The van der Waals surface area contributed by atoms with Gasteiger partial charge in [0.25, 0.3) is 0 Å². The van der Waals surface area contributed by atoms with E-state index >= 15 is 0 Å². The molecule has 1 heterocycles. The smallest absolute Gasteiger partial charge is 0.165 e. The van der Waals surface area contributed by atoms with Crippen LogP contribution in [-0.2, 0) is 11.3 Å². The molecule has 0 amide bonds. The first kappa shape index (κ1) is 15.3. The maximum Gasteiger partial charge on any atom is 0.165 e. The van der Waals surface area contributed by atoms with Crippen LogP contribution in [0.1, 0.15) is 38.2 Å². The molecule has 2 rings (SSSR count). The standard InChI is InChI=1S/C16H24FNO2/c1-2-9-18-12-13-5-3-7-15(17)16(13)20-11-8-14-6-4-10-19-14/h3,5,7,14,18H,2,4,6,8-12H2,1H3. The monoisotopic (exact) mass is 281 g/mol. The van der Waals surface area contributed by atoms with Crippen LogP contribution in [0.4, 0.5) is 4.39 Å². The topological polar surface area (TPSA) is 30.5 Å². The van der Waals surface area contributed by atoms with Crippen molar-refractivity contribution in [2.75, 3.05) is 19.8 Å². The minimum atomic E-state index is -0.284. The maximum absolute atomic E-state index is 13.9. The summed E-state index contributed by atoms with van der Waals surface area (Å²) in [4.78, 5) is 0. The maximum atomic E-state index is 13.9. The van der Waals surface area contributed by atoms with Gasteiger partial charge in [0, 0.05) is 25.1 Å². The van der Waals surface area contributed by atoms with Crippen molar-refractivity contribution < 1.29 is 13.9 Å². The molecule has 0 saturated carbocycles. The highest BCUT2D eigenvalue weighted by Gasteiger charge is 2.16. The molecule has 112 valence electrons. The van der Waals surface area contributed by atoms with Crippen LogP contribution in [0.5, 0.6) is 5.75 Å². The summed E-state index contributed by atoms with van der Waals surface area (Å²) in [5.74, 6) is 0.0993. The summed E-state index contributed by atoms with van der Waals surface area (Å²) in [5.41, 5.74) is 0.880. The first-order valence-electron chi connectivity index (χ1n) is 7.53. The molecule has 1 saturated heterocycles. The molecule has 1 unspecified atom stereocenters. The Kier molecular flexibility index (Phi) is 6.27. The van der Waals surface area contributed by atoms with Gasteiger partial charge in [-0.3, -0.25) is 0 Å². The minimum absolute atomic E-state index is 0.281. The summed E-state index contributed by atoms with van der Waals surface area (Å²) >= 11 is 0. The van der Waals surface area contributed by atoms with E-state index in [1.54, 1.807) is 6.07 Å². The lowest BCUT2D eigenvalue weighted by Gasteiger charge is -2.14. The molecule has 0 bridgehead atoms. The molecule has 3 nitrogen and oxygen atoms in total. The van der Waals surface area contributed by atoms with Crippen molar-refractivity contribution in [3.63, 3.8) is 0 Å². The number of hydrogen-bond donors (Lipinski definition) is 1. The van der Waals surface area contributed by atoms with Gasteiger partial charge < -0.3 is 14.8 Å². The number of para-hydroxylation sites is 1. The van der Waals surface area contributed by atoms with E-state index in [-0.39, 0.29) is 11.9 Å². The van der Waals surface area contributed by atoms with E-state index in [2.05, 4.69) is 12.2 Å². The molecule has 0 aromatic heterocycles. The van der Waals surface area contributed by atoms with Crippen molar-refractivity contribution in [3.8, 4) is 5.75 Å². The van der Waals surface area contributed by atoms with Crippen molar-refractivity contribution in [3.05, 3.63) is 29.6 Å². The first-order valence-corrected chi connectivity index (χ1v) is 7.53. The van der Waals surface area contributed by atoms with Gasteiger partial charge in [0.05, 0.1) is 12.7 Å². The highest BCUT2D eigenvalue weighted by atomic mass is 19.1. The van der Waals surface area contributed by atoms with Gasteiger partial charge in [-0.05, 0) is 31.9 Å². The SMILES string of the molecule is CCCNCc1cccc(F)c1OCCC1CCCO1. The Bertz CT molecular complexity index is 405. The normalized spacial score (nSPS) is 18.4. The van der Waals surface area contributed by atoms with Gasteiger partial charge in [-0.2, -0.15) is 0 Å². The minimum Gasteiger partial charge on any atom is -0.490 e. The second-order valence-electron chi connectivity index (χ2n) is 5.18. The van der Waals surface area contributed by atoms with Crippen molar-refractivity contribution in [2.45, 2.75) is 45.3 Å². The molecule has 1 aliphatic rings. The molecule has 0 radical (unpaired) electrons. The lowest BCUT2D eigenvalue weighted by atomic mass is 10.1. The van der Waals surface area contributed by atoms with E-state index in [1.165, 1.54) is 6.07 Å². The summed E-state index contributed by atoms with van der Waals surface area (Å²) < 4.78 is 25.1. The molecule has 1 aromatic rings. The van der Waals surface area contributed by atoms with E-state index < -0.39 is 0 Å². The van der Waals surface area contributed by atoms with Gasteiger partial charge in [-0.25, -0.2) is 4.39 Å². The Morgan fingerprint density at radius 2 is 2.35 bits per heavy atom. The predicted octanol–water partition coefficient (Wildman–Crippen LogP) is 3.27. The van der Waals surface area contributed by atoms with Crippen molar-refractivity contribution in [1.29, 1.82) is 0 Å². The highest BCUT2D eigenvalue weighted by molar-refractivity contribution is 5.34. The number of halogens is 1. The zero-order valence-electron chi connectivity index (χ0n) is 12.2. The summed E-state index contributed by atoms with van der Waals surface area (Å²) in [6.45, 7) is 5.02. The molecule has 0 spiro atoms. The lowest BCUT2D eigenvalue weighted by molar-refractivity contribution is 0.0895. The third-order valence-corrected chi connectivity index (χ3v) is 3.50. The molecule has 1 aliphatic heterocycles. The first-order chi connectivity index (χ1) is 9.81. The number of ether oxygens (including phenoxy) is 2. The summed E-state index contributed by atoms with van der Waals surface area (Å²) in [6.07, 6.45) is 4.38. The largest absolute Gasteiger partial charge is 0.490 e. The molecule has 1 atom stereocenters. The predicted molar refractivity (Wildman–Crippen MR) is 77.5 cm³/mol.